The normalized spacial score (nSPS) is 17.6. The molecule has 1 aromatic carbocycles. The zero-order valence-electron chi connectivity index (χ0n) is 11.1. The predicted octanol–water partition coefficient (Wildman–Crippen LogP) is 0.690. The molecule has 1 fully saturated rings. The van der Waals surface area contributed by atoms with Crippen LogP contribution in [0.15, 0.2) is 30.3 Å². The molecule has 1 saturated carbocycles. The van der Waals surface area contributed by atoms with Gasteiger partial charge < -0.3 is 5.73 Å². The molecule has 0 heterocycles. The monoisotopic (exact) mass is 283 g/mol. The van der Waals surface area contributed by atoms with Crippen LogP contribution in [-0.4, -0.2) is 32.4 Å². The first-order valence-corrected chi connectivity index (χ1v) is 7.93. The lowest BCUT2D eigenvalue weighted by Crippen LogP contribution is -2.44. The van der Waals surface area contributed by atoms with Crippen LogP contribution in [0.25, 0.3) is 0 Å². The van der Waals surface area contributed by atoms with Gasteiger partial charge in [0.2, 0.25) is 0 Å². The van der Waals surface area contributed by atoms with Crippen molar-refractivity contribution in [1.29, 1.82) is 0 Å². The van der Waals surface area contributed by atoms with Crippen LogP contribution in [0.3, 0.4) is 0 Å². The summed E-state index contributed by atoms with van der Waals surface area (Å²) in [6.07, 6.45) is 2.23. The van der Waals surface area contributed by atoms with Crippen LogP contribution in [0, 0.1) is 5.92 Å². The van der Waals surface area contributed by atoms with Crippen molar-refractivity contribution in [1.82, 2.24) is 9.03 Å². The number of hydrogen-bond donors (Lipinski definition) is 2. The van der Waals surface area contributed by atoms with E-state index in [0.29, 0.717) is 19.0 Å². The Balaban J connectivity index is 1.87. The topological polar surface area (TPSA) is 75.4 Å². The Morgan fingerprint density at radius 3 is 2.58 bits per heavy atom. The summed E-state index contributed by atoms with van der Waals surface area (Å²) in [6, 6.07) is 9.44. The predicted molar refractivity (Wildman–Crippen MR) is 75.5 cm³/mol. The van der Waals surface area contributed by atoms with Crippen LogP contribution >= 0.6 is 0 Å². The Labute approximate surface area is 115 Å². The quantitative estimate of drug-likeness (QED) is 0.773. The first kappa shape index (κ1) is 14.5. The average molecular weight is 283 g/mol. The lowest BCUT2D eigenvalue weighted by atomic mass is 10.2. The standard InChI is InChI=1S/C13H21N3O2S/c1-16(10-11-5-3-2-4-6-11)19(17,18)15-9-13(14)12-7-8-12/h2-6,12-13,15H,7-10,14H2,1H3. The van der Waals surface area contributed by atoms with Crippen LogP contribution in [0.4, 0.5) is 0 Å². The maximum absolute atomic E-state index is 12.0. The molecule has 1 aromatic rings. The van der Waals surface area contributed by atoms with Gasteiger partial charge in [-0.15, -0.1) is 0 Å². The van der Waals surface area contributed by atoms with Crippen molar-refractivity contribution in [3.05, 3.63) is 35.9 Å². The summed E-state index contributed by atoms with van der Waals surface area (Å²) >= 11 is 0. The van der Waals surface area contributed by atoms with Gasteiger partial charge in [0.05, 0.1) is 0 Å². The van der Waals surface area contributed by atoms with Crippen LogP contribution in [0.2, 0.25) is 0 Å². The van der Waals surface area contributed by atoms with E-state index in [9.17, 15) is 8.42 Å². The van der Waals surface area contributed by atoms with Gasteiger partial charge in [0.25, 0.3) is 10.2 Å². The van der Waals surface area contributed by atoms with Crippen molar-refractivity contribution in [2.75, 3.05) is 13.6 Å². The summed E-state index contributed by atoms with van der Waals surface area (Å²) in [7, 11) is -1.89. The Morgan fingerprint density at radius 2 is 2.00 bits per heavy atom. The van der Waals surface area contributed by atoms with E-state index in [1.165, 1.54) is 4.31 Å². The second kappa shape index (κ2) is 6.00. The van der Waals surface area contributed by atoms with Crippen molar-refractivity contribution < 1.29 is 8.42 Å². The van der Waals surface area contributed by atoms with Crippen molar-refractivity contribution in [3.63, 3.8) is 0 Å². The summed E-state index contributed by atoms with van der Waals surface area (Å²) in [5, 5.41) is 0. The minimum absolute atomic E-state index is 0.0695. The van der Waals surface area contributed by atoms with Crippen molar-refractivity contribution in [2.24, 2.45) is 11.7 Å². The molecule has 2 rings (SSSR count). The van der Waals surface area contributed by atoms with Gasteiger partial charge in [-0.2, -0.15) is 12.7 Å². The molecule has 1 unspecified atom stereocenters. The molecule has 6 heteroatoms. The smallest absolute Gasteiger partial charge is 0.279 e. The summed E-state index contributed by atoms with van der Waals surface area (Å²) in [6.45, 7) is 0.668. The fourth-order valence-corrected chi connectivity index (χ4v) is 2.87. The van der Waals surface area contributed by atoms with E-state index in [0.717, 1.165) is 18.4 Å². The number of nitrogens with one attached hydrogen (secondary N) is 1. The van der Waals surface area contributed by atoms with Gasteiger partial charge in [0, 0.05) is 26.2 Å². The Kier molecular flexibility index (Phi) is 4.57. The van der Waals surface area contributed by atoms with Gasteiger partial charge in [-0.3, -0.25) is 0 Å². The van der Waals surface area contributed by atoms with E-state index in [-0.39, 0.29) is 6.04 Å². The molecule has 106 valence electrons. The third kappa shape index (κ3) is 4.28. The first-order chi connectivity index (χ1) is 8.99. The molecule has 0 radical (unpaired) electrons. The molecule has 0 amide bonds. The SMILES string of the molecule is CN(Cc1ccccc1)S(=O)(=O)NCC(N)C1CC1. The maximum Gasteiger partial charge on any atom is 0.279 e. The van der Waals surface area contributed by atoms with E-state index in [1.807, 2.05) is 30.3 Å². The molecule has 1 aliphatic carbocycles. The molecular formula is C13H21N3O2S. The third-order valence-corrected chi connectivity index (χ3v) is 4.87. The lowest BCUT2D eigenvalue weighted by molar-refractivity contribution is 0.448. The minimum atomic E-state index is -3.46. The summed E-state index contributed by atoms with van der Waals surface area (Å²) < 4.78 is 28.0. The van der Waals surface area contributed by atoms with Crippen LogP contribution in [-0.2, 0) is 16.8 Å². The molecule has 19 heavy (non-hydrogen) atoms. The highest BCUT2D eigenvalue weighted by Crippen LogP contribution is 2.31. The van der Waals surface area contributed by atoms with E-state index in [1.54, 1.807) is 7.05 Å². The molecule has 5 nitrogen and oxygen atoms in total. The summed E-state index contributed by atoms with van der Waals surface area (Å²) in [4.78, 5) is 0. The highest BCUT2D eigenvalue weighted by atomic mass is 32.2. The lowest BCUT2D eigenvalue weighted by Gasteiger charge is -2.19. The number of nitrogens with two attached hydrogens (primary N) is 1. The number of hydrogen-bond acceptors (Lipinski definition) is 3. The van der Waals surface area contributed by atoms with Crippen LogP contribution in [0.5, 0.6) is 0 Å². The van der Waals surface area contributed by atoms with Gasteiger partial charge in [0.1, 0.15) is 0 Å². The molecule has 3 N–H and O–H groups in total. The van der Waals surface area contributed by atoms with Gasteiger partial charge in [-0.1, -0.05) is 30.3 Å². The zero-order valence-corrected chi connectivity index (χ0v) is 11.9. The van der Waals surface area contributed by atoms with Gasteiger partial charge >= 0.3 is 0 Å². The second-order valence-electron chi connectivity index (χ2n) is 5.10. The highest BCUT2D eigenvalue weighted by Gasteiger charge is 2.29. The summed E-state index contributed by atoms with van der Waals surface area (Å²) in [5.41, 5.74) is 6.85. The molecule has 0 spiro atoms. The average Bonchev–Trinajstić information content (AvgIpc) is 3.21. The number of rotatable bonds is 7. The molecule has 1 aliphatic rings. The first-order valence-electron chi connectivity index (χ1n) is 6.49. The highest BCUT2D eigenvalue weighted by molar-refractivity contribution is 7.87. The van der Waals surface area contributed by atoms with Crippen molar-refractivity contribution >= 4 is 10.2 Å². The van der Waals surface area contributed by atoms with E-state index in [2.05, 4.69) is 4.72 Å². The molecule has 0 aliphatic heterocycles. The Bertz CT molecular complexity index is 500. The molecule has 0 bridgehead atoms. The van der Waals surface area contributed by atoms with Gasteiger partial charge in [-0.05, 0) is 24.3 Å². The summed E-state index contributed by atoms with van der Waals surface area (Å²) in [5.74, 6) is 0.488. The van der Waals surface area contributed by atoms with E-state index >= 15 is 0 Å². The Morgan fingerprint density at radius 1 is 1.37 bits per heavy atom. The van der Waals surface area contributed by atoms with Crippen molar-refractivity contribution in [3.8, 4) is 0 Å². The van der Waals surface area contributed by atoms with Crippen LogP contribution < -0.4 is 10.5 Å². The van der Waals surface area contributed by atoms with Gasteiger partial charge in [0.15, 0.2) is 0 Å². The molecule has 0 aromatic heterocycles. The van der Waals surface area contributed by atoms with E-state index < -0.39 is 10.2 Å². The third-order valence-electron chi connectivity index (χ3n) is 3.39. The molecule has 0 saturated heterocycles. The largest absolute Gasteiger partial charge is 0.326 e. The zero-order chi connectivity index (χ0) is 13.9. The fraction of sp³-hybridized carbons (Fsp3) is 0.538. The van der Waals surface area contributed by atoms with E-state index in [4.69, 9.17) is 5.73 Å². The molecule has 1 atom stereocenters. The van der Waals surface area contributed by atoms with Crippen LogP contribution in [0.1, 0.15) is 18.4 Å². The maximum atomic E-state index is 12.0. The molecular weight excluding hydrogens is 262 g/mol. The van der Waals surface area contributed by atoms with Gasteiger partial charge in [-0.25, -0.2) is 4.72 Å². The fourth-order valence-electron chi connectivity index (χ4n) is 1.93. The minimum Gasteiger partial charge on any atom is -0.326 e. The Hall–Kier alpha value is -0.950. The number of nitrogens with zero attached hydrogens (tertiary/aromatic N) is 1. The number of benzene rings is 1. The second-order valence-corrected chi connectivity index (χ2v) is 6.96. The van der Waals surface area contributed by atoms with Crippen molar-refractivity contribution in [2.45, 2.75) is 25.4 Å².